The molecule has 0 amide bonds. The maximum Gasteiger partial charge on any atom is 0.311 e. The Morgan fingerprint density at radius 1 is 1.30 bits per heavy atom. The molecule has 1 heterocycles. The lowest BCUT2D eigenvalue weighted by Gasteiger charge is -2.34. The van der Waals surface area contributed by atoms with Crippen molar-refractivity contribution in [3.63, 3.8) is 0 Å². The van der Waals surface area contributed by atoms with Gasteiger partial charge >= 0.3 is 5.97 Å². The van der Waals surface area contributed by atoms with Crippen LogP contribution in [0.3, 0.4) is 0 Å². The minimum atomic E-state index is -1.69. The molecule has 0 aliphatic carbocycles. The van der Waals surface area contributed by atoms with Crippen LogP contribution in [0.15, 0.2) is 30.0 Å². The van der Waals surface area contributed by atoms with Crippen LogP contribution in [-0.2, 0) is 18.7 Å². The number of methoxy groups -OCH3 is 1. The van der Waals surface area contributed by atoms with Gasteiger partial charge in [0.05, 0.1) is 24.7 Å². The Bertz CT molecular complexity index is 621. The summed E-state index contributed by atoms with van der Waals surface area (Å²) in [5.74, 6) is -0.194. The summed E-state index contributed by atoms with van der Waals surface area (Å²) in [6.07, 6.45) is 4.37. The van der Waals surface area contributed by atoms with Gasteiger partial charge in [0.1, 0.15) is 0 Å². The Hall–Kier alpha value is -1.13. The van der Waals surface area contributed by atoms with Gasteiger partial charge in [0.2, 0.25) is 0 Å². The third kappa shape index (κ3) is 7.53. The normalized spacial score (nSPS) is 20.7. The second-order valence-electron chi connectivity index (χ2n) is 9.41. The number of rotatable bonds is 13. The van der Waals surface area contributed by atoms with Gasteiger partial charge in [-0.2, -0.15) is 0 Å². The lowest BCUT2D eigenvalue weighted by Crippen LogP contribution is -2.40. The van der Waals surface area contributed by atoms with E-state index in [9.17, 15) is 4.79 Å². The van der Waals surface area contributed by atoms with E-state index in [1.54, 1.807) is 0 Å². The number of hydrogen-bond acceptors (Lipinski definition) is 4. The number of carbonyl (C=O) groups is 1. The highest BCUT2D eigenvalue weighted by molar-refractivity contribution is 6.73. The van der Waals surface area contributed by atoms with Gasteiger partial charge in [-0.05, 0) is 75.7 Å². The third-order valence-corrected chi connectivity index (χ3v) is 11.4. The van der Waals surface area contributed by atoms with E-state index in [0.717, 1.165) is 55.0 Å². The van der Waals surface area contributed by atoms with Crippen molar-refractivity contribution in [3.05, 3.63) is 30.0 Å². The maximum atomic E-state index is 12.0. The van der Waals surface area contributed by atoms with Crippen LogP contribution in [0.2, 0.25) is 18.1 Å². The van der Waals surface area contributed by atoms with Crippen molar-refractivity contribution in [1.29, 1.82) is 0 Å². The third-order valence-electron chi connectivity index (χ3n) is 6.71. The van der Waals surface area contributed by atoms with Crippen molar-refractivity contribution < 1.29 is 18.7 Å². The first-order valence-electron chi connectivity index (χ1n) is 11.5. The molecule has 4 nitrogen and oxygen atoms in total. The van der Waals surface area contributed by atoms with E-state index in [1.165, 1.54) is 7.11 Å². The SMILES string of the molecule is C=C=C(C)CC(CC[C@@H]1O[C@@H](CC(C)(C)C(=O)OC)CC1=C)O[Si](CC)(CC)CC. The topological polar surface area (TPSA) is 44.8 Å². The maximum absolute atomic E-state index is 12.0. The van der Waals surface area contributed by atoms with Gasteiger partial charge in [0, 0.05) is 12.5 Å². The molecular weight excluding hydrogens is 392 g/mol. The molecule has 0 aromatic carbocycles. The zero-order valence-electron chi connectivity index (χ0n) is 20.4. The van der Waals surface area contributed by atoms with Crippen LogP contribution in [0.4, 0.5) is 0 Å². The van der Waals surface area contributed by atoms with Crippen LogP contribution >= 0.6 is 0 Å². The van der Waals surface area contributed by atoms with Crippen LogP contribution in [0.5, 0.6) is 0 Å². The van der Waals surface area contributed by atoms with E-state index in [-0.39, 0.29) is 24.3 Å². The molecule has 0 N–H and O–H groups in total. The highest BCUT2D eigenvalue weighted by atomic mass is 28.4. The van der Waals surface area contributed by atoms with Crippen molar-refractivity contribution in [2.45, 2.75) is 110 Å². The van der Waals surface area contributed by atoms with Gasteiger partial charge in [-0.1, -0.05) is 33.9 Å². The zero-order valence-corrected chi connectivity index (χ0v) is 21.4. The number of esters is 1. The van der Waals surface area contributed by atoms with Crippen molar-refractivity contribution in [2.24, 2.45) is 5.41 Å². The van der Waals surface area contributed by atoms with E-state index in [4.69, 9.17) is 13.9 Å². The van der Waals surface area contributed by atoms with Crippen LogP contribution in [0.25, 0.3) is 0 Å². The minimum Gasteiger partial charge on any atom is -0.469 e. The molecule has 1 fully saturated rings. The lowest BCUT2D eigenvalue weighted by atomic mass is 9.85. The molecule has 1 unspecified atom stereocenters. The average molecular weight is 437 g/mol. The highest BCUT2D eigenvalue weighted by Crippen LogP contribution is 2.36. The van der Waals surface area contributed by atoms with Crippen LogP contribution in [0, 0.1) is 5.41 Å². The predicted octanol–water partition coefficient (Wildman–Crippen LogP) is 6.58. The van der Waals surface area contributed by atoms with Crippen molar-refractivity contribution in [1.82, 2.24) is 0 Å². The first kappa shape index (κ1) is 26.9. The van der Waals surface area contributed by atoms with E-state index >= 15 is 0 Å². The fraction of sp³-hybridized carbons (Fsp3) is 0.760. The number of ether oxygens (including phenoxy) is 2. The zero-order chi connectivity index (χ0) is 22.9. The van der Waals surface area contributed by atoms with Gasteiger partial charge in [0.15, 0.2) is 8.32 Å². The molecule has 0 saturated carbocycles. The highest BCUT2D eigenvalue weighted by Gasteiger charge is 2.38. The molecule has 0 bridgehead atoms. The van der Waals surface area contributed by atoms with Gasteiger partial charge in [-0.15, -0.1) is 5.73 Å². The quantitative estimate of drug-likeness (QED) is 0.141. The molecule has 3 atom stereocenters. The molecule has 172 valence electrons. The molecule has 0 radical (unpaired) electrons. The largest absolute Gasteiger partial charge is 0.469 e. The summed E-state index contributed by atoms with van der Waals surface area (Å²) < 4.78 is 18.1. The molecular formula is C25H44O4Si. The fourth-order valence-electron chi connectivity index (χ4n) is 4.43. The van der Waals surface area contributed by atoms with Crippen molar-refractivity contribution in [3.8, 4) is 0 Å². The standard InChI is InChI=1S/C25H44O4Si/c1-10-19(5)16-21(29-30(11-2,12-3)13-4)14-15-23-20(6)17-22(28-23)18-25(7,8)24(26)27-9/h21-23H,1,6,11-18H2,2-5,7-9H3/t21?,22-,23+/m1/s1. The predicted molar refractivity (Wildman–Crippen MR) is 127 cm³/mol. The Labute approximate surface area is 185 Å². The number of hydrogen-bond donors (Lipinski definition) is 0. The lowest BCUT2D eigenvalue weighted by molar-refractivity contribution is -0.153. The molecule has 0 aromatic heterocycles. The van der Waals surface area contributed by atoms with Gasteiger partial charge in [0.25, 0.3) is 0 Å². The molecule has 5 heteroatoms. The van der Waals surface area contributed by atoms with Crippen LogP contribution < -0.4 is 0 Å². The van der Waals surface area contributed by atoms with E-state index < -0.39 is 13.7 Å². The molecule has 1 saturated heterocycles. The first-order chi connectivity index (χ1) is 14.1. The van der Waals surface area contributed by atoms with Crippen molar-refractivity contribution in [2.75, 3.05) is 7.11 Å². The Balaban J connectivity index is 2.77. The molecule has 0 aromatic rings. The summed E-state index contributed by atoms with van der Waals surface area (Å²) in [5.41, 5.74) is 4.75. The van der Waals surface area contributed by atoms with Gasteiger partial charge in [-0.3, -0.25) is 4.79 Å². The fourth-order valence-corrected chi connectivity index (χ4v) is 7.34. The first-order valence-corrected chi connectivity index (χ1v) is 14.0. The number of carbonyl (C=O) groups excluding carboxylic acids is 1. The summed E-state index contributed by atoms with van der Waals surface area (Å²) in [6, 6.07) is 3.43. The van der Waals surface area contributed by atoms with E-state index in [2.05, 4.69) is 46.6 Å². The Morgan fingerprint density at radius 3 is 2.40 bits per heavy atom. The molecule has 30 heavy (non-hydrogen) atoms. The summed E-state index contributed by atoms with van der Waals surface area (Å²) in [7, 11) is -0.254. The van der Waals surface area contributed by atoms with Crippen LogP contribution in [-0.4, -0.2) is 39.7 Å². The minimum absolute atomic E-state index is 0.0150. The Kier molecular flexibility index (Phi) is 10.8. The summed E-state index contributed by atoms with van der Waals surface area (Å²) in [4.78, 5) is 12.0. The smallest absolute Gasteiger partial charge is 0.311 e. The Morgan fingerprint density at radius 2 is 1.90 bits per heavy atom. The molecule has 1 rings (SSSR count). The summed E-state index contributed by atoms with van der Waals surface area (Å²) in [5, 5.41) is 0. The summed E-state index contributed by atoms with van der Waals surface area (Å²) in [6.45, 7) is 20.8. The van der Waals surface area contributed by atoms with E-state index in [1.807, 2.05) is 13.8 Å². The molecule has 1 aliphatic rings. The van der Waals surface area contributed by atoms with Crippen molar-refractivity contribution >= 4 is 14.3 Å². The monoisotopic (exact) mass is 436 g/mol. The van der Waals surface area contributed by atoms with Gasteiger partial charge < -0.3 is 13.9 Å². The summed E-state index contributed by atoms with van der Waals surface area (Å²) >= 11 is 0. The average Bonchev–Trinajstić information content (AvgIpc) is 3.07. The second kappa shape index (κ2) is 12.0. The van der Waals surface area contributed by atoms with Crippen LogP contribution in [0.1, 0.15) is 73.6 Å². The second-order valence-corrected chi connectivity index (χ2v) is 14.1. The van der Waals surface area contributed by atoms with E-state index in [0.29, 0.717) is 6.42 Å². The molecule has 0 spiro atoms. The molecule has 1 aliphatic heterocycles. The van der Waals surface area contributed by atoms with Gasteiger partial charge in [-0.25, -0.2) is 0 Å².